The van der Waals surface area contributed by atoms with Gasteiger partial charge in [0.15, 0.2) is 0 Å². The first kappa shape index (κ1) is 24.3. The molecular weight excluding hydrogens is 349 g/mol. The van der Waals surface area contributed by atoms with Gasteiger partial charge in [-0.25, -0.2) is 0 Å². The summed E-state index contributed by atoms with van der Waals surface area (Å²) in [5.74, 6) is 1.47. The van der Waals surface area contributed by atoms with Gasteiger partial charge in [-0.15, -0.1) is 13.2 Å². The molecule has 0 amide bonds. The van der Waals surface area contributed by atoms with Gasteiger partial charge in [0.2, 0.25) is 0 Å². The Hall–Kier alpha value is -0.0397. The van der Waals surface area contributed by atoms with E-state index in [1.54, 1.807) is 0 Å². The van der Waals surface area contributed by atoms with Crippen molar-refractivity contribution in [3.63, 3.8) is 0 Å². The smallest absolute Gasteiger partial charge is 0.358 e. The van der Waals surface area contributed by atoms with Crippen LogP contribution in [0.3, 0.4) is 0 Å². The molecule has 0 atom stereocenters. The minimum Gasteiger partial charge on any atom is -0.358 e. The van der Waals surface area contributed by atoms with E-state index in [1.807, 2.05) is 0 Å². The normalized spacial score (nSPS) is 14.5. The summed E-state index contributed by atoms with van der Waals surface area (Å²) >= 11 is 0. The van der Waals surface area contributed by atoms with Gasteiger partial charge in [0.05, 0.1) is 0 Å². The third-order valence-electron chi connectivity index (χ3n) is 2.81. The third kappa shape index (κ3) is 5.01. The Kier molecular flexibility index (Phi) is 17.0. The van der Waals surface area contributed by atoms with E-state index in [2.05, 4.69) is 47.8 Å². The molecule has 15 heavy (non-hydrogen) atoms. The van der Waals surface area contributed by atoms with Gasteiger partial charge in [-0.2, -0.15) is 0 Å². The molecule has 0 nitrogen and oxygen atoms in total. The summed E-state index contributed by atoms with van der Waals surface area (Å²) in [5.41, 5.74) is 5.87. The van der Waals surface area contributed by atoms with E-state index in [0.29, 0.717) is 0 Å². The third-order valence-corrected chi connectivity index (χ3v) is 2.81. The van der Waals surface area contributed by atoms with Gasteiger partial charge < -0.3 is 14.9 Å². The van der Waals surface area contributed by atoms with Gasteiger partial charge in [0, 0.05) is 5.92 Å². The van der Waals surface area contributed by atoms with Gasteiger partial charge in [0.1, 0.15) is 0 Å². The van der Waals surface area contributed by atoms with Crippen LogP contribution in [0.4, 0.5) is 0 Å². The fourth-order valence-electron chi connectivity index (χ4n) is 1.41. The summed E-state index contributed by atoms with van der Waals surface area (Å²) in [6, 6.07) is 0. The molecule has 0 saturated carbocycles. The molecule has 0 heterocycles. The van der Waals surface area contributed by atoms with Crippen LogP contribution >= 0.6 is 0 Å². The molecule has 0 aromatic heterocycles. The van der Waals surface area contributed by atoms with Gasteiger partial charge in [0.25, 0.3) is 0 Å². The molecule has 0 N–H and O–H groups in total. The minimum absolute atomic E-state index is 0. The van der Waals surface area contributed by atoms with Crippen LogP contribution in [0.25, 0.3) is 0 Å². The maximum absolute atomic E-state index is 3.00. The molecule has 0 saturated heterocycles. The Morgan fingerprint density at radius 2 is 0.800 bits per heavy atom. The largest absolute Gasteiger partial charge is 2.00 e. The van der Waals surface area contributed by atoms with Crippen molar-refractivity contribution in [3.8, 4) is 0 Å². The quantitative estimate of drug-likeness (QED) is 0.415. The van der Waals surface area contributed by atoms with E-state index in [9.17, 15) is 0 Å². The van der Waals surface area contributed by atoms with Crippen LogP contribution in [0.15, 0.2) is 35.5 Å². The summed E-state index contributed by atoms with van der Waals surface area (Å²) in [7, 11) is 0. The van der Waals surface area contributed by atoms with Crippen LogP contribution in [0, 0.1) is 20.8 Å². The van der Waals surface area contributed by atoms with E-state index in [4.69, 9.17) is 0 Å². The van der Waals surface area contributed by atoms with E-state index >= 15 is 0 Å². The second kappa shape index (κ2) is 10.5. The molecule has 0 fully saturated rings. The molecule has 0 aromatic carbocycles. The van der Waals surface area contributed by atoms with E-state index in [-0.39, 0.29) is 37.2 Å². The summed E-state index contributed by atoms with van der Waals surface area (Å²) in [6.45, 7) is 17.0. The van der Waals surface area contributed by atoms with Crippen molar-refractivity contribution in [1.82, 2.24) is 0 Å². The maximum Gasteiger partial charge on any atom is 2.00 e. The molecule has 1 rings (SSSR count). The fourth-order valence-corrected chi connectivity index (χ4v) is 1.41. The molecule has 1 aliphatic carbocycles. The van der Waals surface area contributed by atoms with E-state index in [1.165, 1.54) is 28.2 Å². The molecule has 0 bridgehead atoms. The maximum atomic E-state index is 3.00. The van der Waals surface area contributed by atoms with Crippen LogP contribution in [0.5, 0.6) is 0 Å². The fraction of sp³-hybridized carbons (Fsp3) is 0.357. The Morgan fingerprint density at radius 1 is 0.600 bits per heavy atom. The Labute approximate surface area is 113 Å². The zero-order valence-electron chi connectivity index (χ0n) is 11.4. The first-order chi connectivity index (χ1) is 5.55. The standard InChI is InChI=1S/C10H15.C2H4.2CH3.Ta/c1-6-7(2)9(4)10(5)8(6)3;1-2;;;/h1-5H3;1-2H2;2*1H3;/q;;2*-1;+2. The number of rotatable bonds is 0. The summed E-state index contributed by atoms with van der Waals surface area (Å²) in [5, 5.41) is 0. The van der Waals surface area contributed by atoms with Crippen molar-refractivity contribution in [3.05, 3.63) is 56.2 Å². The summed E-state index contributed by atoms with van der Waals surface area (Å²) < 4.78 is 0. The molecule has 0 aliphatic heterocycles. The van der Waals surface area contributed by atoms with Crippen molar-refractivity contribution in [2.24, 2.45) is 0 Å². The summed E-state index contributed by atoms with van der Waals surface area (Å²) in [4.78, 5) is 0. The van der Waals surface area contributed by atoms with Crippen molar-refractivity contribution in [1.29, 1.82) is 0 Å². The van der Waals surface area contributed by atoms with Crippen molar-refractivity contribution < 1.29 is 22.4 Å². The van der Waals surface area contributed by atoms with Crippen molar-refractivity contribution >= 4 is 0 Å². The van der Waals surface area contributed by atoms with Gasteiger partial charge >= 0.3 is 22.4 Å². The number of hydrogen-bond donors (Lipinski definition) is 0. The monoisotopic (exact) mass is 374 g/mol. The van der Waals surface area contributed by atoms with Crippen molar-refractivity contribution in [2.75, 3.05) is 0 Å². The Bertz CT molecular complexity index is 210. The topological polar surface area (TPSA) is 0 Å². The van der Waals surface area contributed by atoms with Crippen LogP contribution in [-0.2, 0) is 22.4 Å². The van der Waals surface area contributed by atoms with Crippen LogP contribution in [-0.4, -0.2) is 0 Å². The molecule has 86 valence electrons. The second-order valence-electron chi connectivity index (χ2n) is 3.12. The predicted molar refractivity (Wildman–Crippen MR) is 69.7 cm³/mol. The summed E-state index contributed by atoms with van der Waals surface area (Å²) in [6.07, 6.45) is 0. The van der Waals surface area contributed by atoms with Crippen molar-refractivity contribution in [2.45, 2.75) is 34.6 Å². The number of allylic oxidation sites excluding steroid dienone is 4. The van der Waals surface area contributed by atoms with Gasteiger partial charge in [-0.3, -0.25) is 0 Å². The molecule has 0 aromatic rings. The first-order valence-corrected chi connectivity index (χ1v) is 4.25. The van der Waals surface area contributed by atoms with Gasteiger partial charge in [-0.1, -0.05) is 18.1 Å². The number of hydrogen-bond acceptors (Lipinski definition) is 0. The predicted octanol–water partition coefficient (Wildman–Crippen LogP) is 4.97. The SMILES string of the molecule is C=C.C[C]1C(C)=C(C)C(C)=C1C.[CH3-].[CH3-].[Ta+2]. The molecule has 2 radical (unpaired) electrons. The van der Waals surface area contributed by atoms with Crippen LogP contribution in [0.2, 0.25) is 0 Å². The Morgan fingerprint density at radius 3 is 0.867 bits per heavy atom. The molecule has 1 heteroatoms. The zero-order chi connectivity index (χ0) is 9.89. The zero-order valence-corrected chi connectivity index (χ0v) is 14.6. The molecule has 1 aliphatic rings. The average molecular weight is 374 g/mol. The molecule has 0 unspecified atom stereocenters. The van der Waals surface area contributed by atoms with E-state index in [0.717, 1.165) is 0 Å². The van der Waals surface area contributed by atoms with Gasteiger partial charge in [-0.05, 0) is 38.8 Å². The Balaban J connectivity index is -0.000000114. The average Bonchev–Trinajstić information content (AvgIpc) is 2.27. The van der Waals surface area contributed by atoms with Crippen LogP contribution < -0.4 is 0 Å². The minimum atomic E-state index is 0. The first-order valence-electron chi connectivity index (χ1n) is 4.25. The van der Waals surface area contributed by atoms with Crippen LogP contribution in [0.1, 0.15) is 34.6 Å². The van der Waals surface area contributed by atoms with E-state index < -0.39 is 0 Å². The second-order valence-corrected chi connectivity index (χ2v) is 3.12. The molecular formula is C14H25Ta. The molecule has 0 spiro atoms.